The van der Waals surface area contributed by atoms with E-state index in [9.17, 15) is 0 Å². The lowest BCUT2D eigenvalue weighted by atomic mass is 10.7. The third-order valence-electron chi connectivity index (χ3n) is 1.01. The molecule has 1 aromatic heterocycles. The van der Waals surface area contributed by atoms with Crippen LogP contribution in [0.15, 0.2) is 6.07 Å². The van der Waals surface area contributed by atoms with Gasteiger partial charge in [0.2, 0.25) is 5.88 Å². The van der Waals surface area contributed by atoms with Gasteiger partial charge in [-0.25, -0.2) is 0 Å². The number of halogens is 1. The number of hydrogen-bond donors (Lipinski definition) is 0. The van der Waals surface area contributed by atoms with Gasteiger partial charge in [-0.3, -0.25) is 4.68 Å². The summed E-state index contributed by atoms with van der Waals surface area (Å²) in [5.41, 5.74) is 0. The molecule has 0 amide bonds. The van der Waals surface area contributed by atoms with Crippen LogP contribution in [0.25, 0.3) is 0 Å². The minimum atomic E-state index is 0.668. The fourth-order valence-electron chi connectivity index (χ4n) is 0.520. The molecule has 0 atom stereocenters. The molecule has 1 heterocycles. The second-order valence-corrected chi connectivity index (χ2v) is 2.74. The zero-order valence-corrected chi connectivity index (χ0v) is 7.42. The van der Waals surface area contributed by atoms with Crippen molar-refractivity contribution >= 4 is 22.6 Å². The Morgan fingerprint density at radius 2 is 2.44 bits per heavy atom. The van der Waals surface area contributed by atoms with Crippen molar-refractivity contribution in [3.63, 3.8) is 0 Å². The summed E-state index contributed by atoms with van der Waals surface area (Å²) in [6.45, 7) is 0. The molecule has 9 heavy (non-hydrogen) atoms. The molecule has 0 aliphatic heterocycles. The second-order valence-electron chi connectivity index (χ2n) is 1.63. The van der Waals surface area contributed by atoms with Crippen LogP contribution < -0.4 is 4.74 Å². The molecule has 0 fully saturated rings. The summed E-state index contributed by atoms with van der Waals surface area (Å²) < 4.78 is 7.72. The third-order valence-corrected chi connectivity index (χ3v) is 2.02. The number of ether oxygens (including phenoxy) is 1. The molecule has 0 saturated carbocycles. The molecule has 0 radical (unpaired) electrons. The molecule has 0 N–H and O–H groups in total. The van der Waals surface area contributed by atoms with Gasteiger partial charge in [-0.05, 0) is 22.6 Å². The van der Waals surface area contributed by atoms with Crippen molar-refractivity contribution < 1.29 is 4.74 Å². The van der Waals surface area contributed by atoms with E-state index in [1.54, 1.807) is 11.8 Å². The molecule has 1 rings (SSSR count). The first-order valence-corrected chi connectivity index (χ1v) is 3.55. The highest BCUT2D eigenvalue weighted by Crippen LogP contribution is 2.11. The summed E-state index contributed by atoms with van der Waals surface area (Å²) in [4.78, 5) is 0. The van der Waals surface area contributed by atoms with Crippen LogP contribution in [0.5, 0.6) is 5.88 Å². The van der Waals surface area contributed by atoms with Gasteiger partial charge in [0.15, 0.2) is 0 Å². The summed E-state index contributed by atoms with van der Waals surface area (Å²) in [7, 11) is 3.49. The first-order chi connectivity index (χ1) is 4.24. The number of methoxy groups -OCH3 is 1. The standard InChI is InChI=1S/C5H7IN2O/c1-8-4(6)3-5(7-8)9-2/h3H,1-2H3. The van der Waals surface area contributed by atoms with Crippen LogP contribution in [0.1, 0.15) is 0 Å². The van der Waals surface area contributed by atoms with Gasteiger partial charge in [0.05, 0.1) is 7.11 Å². The van der Waals surface area contributed by atoms with E-state index >= 15 is 0 Å². The van der Waals surface area contributed by atoms with Crippen LogP contribution in [-0.2, 0) is 7.05 Å². The van der Waals surface area contributed by atoms with Crippen molar-refractivity contribution in [2.45, 2.75) is 0 Å². The first-order valence-electron chi connectivity index (χ1n) is 2.47. The van der Waals surface area contributed by atoms with Gasteiger partial charge >= 0.3 is 0 Å². The number of hydrogen-bond acceptors (Lipinski definition) is 2. The van der Waals surface area contributed by atoms with Crippen molar-refractivity contribution in [1.82, 2.24) is 9.78 Å². The lowest BCUT2D eigenvalue weighted by Crippen LogP contribution is -1.92. The zero-order valence-electron chi connectivity index (χ0n) is 5.26. The van der Waals surface area contributed by atoms with E-state index in [-0.39, 0.29) is 0 Å². The smallest absolute Gasteiger partial charge is 0.233 e. The maximum absolute atomic E-state index is 4.88. The largest absolute Gasteiger partial charge is 0.480 e. The molecule has 0 aliphatic rings. The van der Waals surface area contributed by atoms with Gasteiger partial charge in [-0.15, -0.1) is 5.10 Å². The lowest BCUT2D eigenvalue weighted by molar-refractivity contribution is 0.392. The molecular weight excluding hydrogens is 231 g/mol. The molecule has 0 spiro atoms. The van der Waals surface area contributed by atoms with Crippen LogP contribution in [0.4, 0.5) is 0 Å². The molecular formula is C5H7IN2O. The molecule has 4 heteroatoms. The van der Waals surface area contributed by atoms with Gasteiger partial charge in [0.25, 0.3) is 0 Å². The minimum Gasteiger partial charge on any atom is -0.480 e. The summed E-state index contributed by atoms with van der Waals surface area (Å²) >= 11 is 2.19. The molecule has 0 bridgehead atoms. The van der Waals surface area contributed by atoms with E-state index in [4.69, 9.17) is 4.74 Å². The topological polar surface area (TPSA) is 27.1 Å². The van der Waals surface area contributed by atoms with Crippen molar-refractivity contribution in [1.29, 1.82) is 0 Å². The van der Waals surface area contributed by atoms with Gasteiger partial charge in [-0.2, -0.15) is 0 Å². The van der Waals surface area contributed by atoms with Gasteiger partial charge in [-0.1, -0.05) is 0 Å². The molecule has 3 nitrogen and oxygen atoms in total. The highest BCUT2D eigenvalue weighted by molar-refractivity contribution is 14.1. The van der Waals surface area contributed by atoms with Gasteiger partial charge < -0.3 is 4.74 Å². The number of aromatic nitrogens is 2. The van der Waals surface area contributed by atoms with Gasteiger partial charge in [0.1, 0.15) is 3.70 Å². The number of rotatable bonds is 1. The van der Waals surface area contributed by atoms with Crippen LogP contribution in [0.3, 0.4) is 0 Å². The Labute approximate surface area is 67.1 Å². The molecule has 0 aromatic carbocycles. The summed E-state index contributed by atoms with van der Waals surface area (Å²) in [5, 5.41) is 4.02. The molecule has 1 aromatic rings. The lowest BCUT2D eigenvalue weighted by Gasteiger charge is -1.88. The number of nitrogens with zero attached hydrogens (tertiary/aromatic N) is 2. The Morgan fingerprint density at radius 3 is 2.67 bits per heavy atom. The summed E-state index contributed by atoms with van der Waals surface area (Å²) in [6.07, 6.45) is 0. The second kappa shape index (κ2) is 2.55. The highest BCUT2D eigenvalue weighted by atomic mass is 127. The van der Waals surface area contributed by atoms with Crippen molar-refractivity contribution in [2.24, 2.45) is 7.05 Å². The highest BCUT2D eigenvalue weighted by Gasteiger charge is 1.98. The molecule has 0 aliphatic carbocycles. The molecule has 0 unspecified atom stereocenters. The van der Waals surface area contributed by atoms with Gasteiger partial charge in [0, 0.05) is 13.1 Å². The Balaban J connectivity index is 2.98. The van der Waals surface area contributed by atoms with Crippen molar-refractivity contribution in [3.8, 4) is 5.88 Å². The average Bonchev–Trinajstić information content (AvgIpc) is 2.13. The Hall–Kier alpha value is -0.260. The van der Waals surface area contributed by atoms with E-state index < -0.39 is 0 Å². The Morgan fingerprint density at radius 1 is 1.78 bits per heavy atom. The Bertz CT molecular complexity index is 189. The van der Waals surface area contributed by atoms with Crippen LogP contribution in [-0.4, -0.2) is 16.9 Å². The molecule has 0 saturated heterocycles. The minimum absolute atomic E-state index is 0.668. The number of aryl methyl sites for hydroxylation is 1. The summed E-state index contributed by atoms with van der Waals surface area (Å²) in [6, 6.07) is 1.88. The normalized spacial score (nSPS) is 9.67. The van der Waals surface area contributed by atoms with E-state index in [1.807, 2.05) is 13.1 Å². The monoisotopic (exact) mass is 238 g/mol. The third kappa shape index (κ3) is 1.35. The van der Waals surface area contributed by atoms with Crippen LogP contribution in [0.2, 0.25) is 0 Å². The average molecular weight is 238 g/mol. The SMILES string of the molecule is COc1cc(I)n(C)n1. The van der Waals surface area contributed by atoms with E-state index in [0.29, 0.717) is 5.88 Å². The van der Waals surface area contributed by atoms with E-state index in [1.165, 1.54) is 0 Å². The summed E-state index contributed by atoms with van der Waals surface area (Å²) in [5.74, 6) is 0.668. The predicted molar refractivity (Wildman–Crippen MR) is 42.5 cm³/mol. The van der Waals surface area contributed by atoms with E-state index in [0.717, 1.165) is 3.70 Å². The maximum atomic E-state index is 4.88. The van der Waals surface area contributed by atoms with Crippen LogP contribution >= 0.6 is 22.6 Å². The maximum Gasteiger partial charge on any atom is 0.233 e. The van der Waals surface area contributed by atoms with Crippen molar-refractivity contribution in [2.75, 3.05) is 7.11 Å². The Kier molecular flexibility index (Phi) is 1.94. The first kappa shape index (κ1) is 6.85. The van der Waals surface area contributed by atoms with Crippen LogP contribution in [0, 0.1) is 3.70 Å². The predicted octanol–water partition coefficient (Wildman–Crippen LogP) is 1.03. The fraction of sp³-hybridized carbons (Fsp3) is 0.400. The zero-order chi connectivity index (χ0) is 6.85. The quantitative estimate of drug-likeness (QED) is 0.683. The fourth-order valence-corrected chi connectivity index (χ4v) is 0.894. The van der Waals surface area contributed by atoms with E-state index in [2.05, 4.69) is 27.7 Å². The van der Waals surface area contributed by atoms with Crippen molar-refractivity contribution in [3.05, 3.63) is 9.77 Å². The molecule has 50 valence electrons.